The molecule has 0 bridgehead atoms. The Bertz CT molecular complexity index is 704. The van der Waals surface area contributed by atoms with E-state index in [1.165, 1.54) is 5.56 Å². The first kappa shape index (κ1) is 12.1. The van der Waals surface area contributed by atoms with Gasteiger partial charge in [-0.05, 0) is 29.8 Å². The van der Waals surface area contributed by atoms with Gasteiger partial charge in [0, 0.05) is 17.6 Å². The van der Waals surface area contributed by atoms with E-state index in [4.69, 9.17) is 16.3 Å². The summed E-state index contributed by atoms with van der Waals surface area (Å²) in [5.41, 5.74) is 2.21. The molecular weight excluding hydrogens is 260 g/mol. The van der Waals surface area contributed by atoms with Gasteiger partial charge in [-0.1, -0.05) is 23.7 Å². The van der Waals surface area contributed by atoms with E-state index in [0.717, 1.165) is 28.5 Å². The summed E-state index contributed by atoms with van der Waals surface area (Å²) in [4.78, 5) is 4.45. The van der Waals surface area contributed by atoms with E-state index in [1.807, 2.05) is 36.7 Å². The molecule has 1 aromatic carbocycles. The van der Waals surface area contributed by atoms with Crippen LogP contribution in [0.2, 0.25) is 5.02 Å². The number of nitrogens with zero attached hydrogens (tertiary/aromatic N) is 2. The van der Waals surface area contributed by atoms with Crippen LogP contribution in [0.4, 0.5) is 0 Å². The lowest BCUT2D eigenvalue weighted by Crippen LogP contribution is -1.96. The molecule has 0 aliphatic heterocycles. The second-order valence-corrected chi connectivity index (χ2v) is 4.78. The third kappa shape index (κ3) is 2.42. The summed E-state index contributed by atoms with van der Waals surface area (Å²) < 4.78 is 7.20. The molecule has 0 saturated heterocycles. The number of pyridine rings is 1. The molecule has 0 fully saturated rings. The summed E-state index contributed by atoms with van der Waals surface area (Å²) in [5, 5.41) is 0.725. The van der Waals surface area contributed by atoms with Crippen LogP contribution >= 0.6 is 11.6 Å². The maximum Gasteiger partial charge on any atom is 0.118 e. The van der Waals surface area contributed by atoms with Crippen LogP contribution in [0, 0.1) is 0 Å². The average molecular weight is 273 g/mol. The molecule has 4 heteroatoms. The van der Waals surface area contributed by atoms with Crippen molar-refractivity contribution in [1.82, 2.24) is 9.38 Å². The van der Waals surface area contributed by atoms with Crippen LogP contribution in [0.5, 0.6) is 5.75 Å². The molecule has 3 aromatic rings. The van der Waals surface area contributed by atoms with Gasteiger partial charge in [0.05, 0.1) is 18.8 Å². The van der Waals surface area contributed by atoms with Crippen LogP contribution in [0.15, 0.2) is 48.8 Å². The van der Waals surface area contributed by atoms with E-state index < -0.39 is 0 Å². The van der Waals surface area contributed by atoms with E-state index in [-0.39, 0.29) is 0 Å². The van der Waals surface area contributed by atoms with E-state index in [2.05, 4.69) is 21.5 Å². The predicted octanol–water partition coefficient (Wildman–Crippen LogP) is 3.59. The molecule has 19 heavy (non-hydrogen) atoms. The van der Waals surface area contributed by atoms with Crippen molar-refractivity contribution >= 4 is 17.1 Å². The highest BCUT2D eigenvalue weighted by molar-refractivity contribution is 6.30. The van der Waals surface area contributed by atoms with Crippen LogP contribution in [0.1, 0.15) is 11.4 Å². The number of rotatable bonds is 3. The standard InChI is InChI=1S/C15H13ClN2O/c1-19-14-4-2-11(3-5-14)8-15-17-10-13-9-12(16)6-7-18(13)15/h2-7,9-10H,8H2,1H3. The number of aromatic nitrogens is 2. The Morgan fingerprint density at radius 3 is 2.74 bits per heavy atom. The smallest absolute Gasteiger partial charge is 0.118 e. The highest BCUT2D eigenvalue weighted by Crippen LogP contribution is 2.17. The zero-order valence-electron chi connectivity index (χ0n) is 10.5. The van der Waals surface area contributed by atoms with Gasteiger partial charge in [0.1, 0.15) is 11.6 Å². The number of halogens is 1. The molecule has 0 N–H and O–H groups in total. The molecule has 3 rings (SSSR count). The van der Waals surface area contributed by atoms with Gasteiger partial charge >= 0.3 is 0 Å². The molecule has 0 radical (unpaired) electrons. The van der Waals surface area contributed by atoms with Crippen molar-refractivity contribution in [2.75, 3.05) is 7.11 Å². The van der Waals surface area contributed by atoms with E-state index in [0.29, 0.717) is 0 Å². The average Bonchev–Trinajstić information content (AvgIpc) is 2.82. The molecule has 3 nitrogen and oxygen atoms in total. The van der Waals surface area contributed by atoms with Crippen molar-refractivity contribution in [3.63, 3.8) is 0 Å². The molecule has 0 spiro atoms. The summed E-state index contributed by atoms with van der Waals surface area (Å²) in [7, 11) is 1.67. The lowest BCUT2D eigenvalue weighted by atomic mass is 10.1. The highest BCUT2D eigenvalue weighted by atomic mass is 35.5. The highest BCUT2D eigenvalue weighted by Gasteiger charge is 2.05. The molecule has 96 valence electrons. The van der Waals surface area contributed by atoms with Gasteiger partial charge in [0.25, 0.3) is 0 Å². The fraction of sp³-hybridized carbons (Fsp3) is 0.133. The second-order valence-electron chi connectivity index (χ2n) is 4.34. The van der Waals surface area contributed by atoms with Crippen molar-refractivity contribution in [3.05, 3.63) is 65.2 Å². The molecular formula is C15H13ClN2O. The molecule has 0 aliphatic carbocycles. The largest absolute Gasteiger partial charge is 0.497 e. The van der Waals surface area contributed by atoms with Crippen LogP contribution in [-0.4, -0.2) is 16.5 Å². The first-order valence-corrected chi connectivity index (χ1v) is 6.38. The minimum absolute atomic E-state index is 0.725. The van der Waals surface area contributed by atoms with Gasteiger partial charge in [0.15, 0.2) is 0 Å². The van der Waals surface area contributed by atoms with Gasteiger partial charge < -0.3 is 9.14 Å². The molecule has 0 saturated carbocycles. The third-order valence-corrected chi connectivity index (χ3v) is 3.33. The number of benzene rings is 1. The van der Waals surface area contributed by atoms with E-state index in [9.17, 15) is 0 Å². The van der Waals surface area contributed by atoms with Gasteiger partial charge in [-0.3, -0.25) is 0 Å². The van der Waals surface area contributed by atoms with Gasteiger partial charge in [0.2, 0.25) is 0 Å². The number of imidazole rings is 1. The van der Waals surface area contributed by atoms with Crippen LogP contribution in [0.25, 0.3) is 5.52 Å². The zero-order chi connectivity index (χ0) is 13.2. The summed E-state index contributed by atoms with van der Waals surface area (Å²) in [6, 6.07) is 11.8. The fourth-order valence-electron chi connectivity index (χ4n) is 2.08. The first-order chi connectivity index (χ1) is 9.26. The molecule has 0 unspecified atom stereocenters. The molecule has 0 aliphatic rings. The van der Waals surface area contributed by atoms with Crippen LogP contribution in [-0.2, 0) is 6.42 Å². The quantitative estimate of drug-likeness (QED) is 0.728. The topological polar surface area (TPSA) is 26.5 Å². The summed E-state index contributed by atoms with van der Waals surface area (Å²) in [6.07, 6.45) is 4.56. The number of hydrogen-bond acceptors (Lipinski definition) is 2. The van der Waals surface area contributed by atoms with E-state index >= 15 is 0 Å². The molecule has 2 aromatic heterocycles. The Labute approximate surface area is 116 Å². The summed E-state index contributed by atoms with van der Waals surface area (Å²) in [5.74, 6) is 1.86. The zero-order valence-corrected chi connectivity index (χ0v) is 11.3. The molecule has 2 heterocycles. The molecule has 0 amide bonds. The number of fused-ring (bicyclic) bond motifs is 1. The normalized spacial score (nSPS) is 10.8. The Morgan fingerprint density at radius 2 is 2.00 bits per heavy atom. The van der Waals surface area contributed by atoms with Gasteiger partial charge in [-0.2, -0.15) is 0 Å². The number of methoxy groups -OCH3 is 1. The Kier molecular flexibility index (Phi) is 3.13. The molecule has 0 atom stereocenters. The maximum absolute atomic E-state index is 5.97. The minimum atomic E-state index is 0.725. The van der Waals surface area contributed by atoms with Crippen molar-refractivity contribution in [2.24, 2.45) is 0 Å². The summed E-state index contributed by atoms with van der Waals surface area (Å²) in [6.45, 7) is 0. The van der Waals surface area contributed by atoms with Crippen molar-refractivity contribution in [2.45, 2.75) is 6.42 Å². The van der Waals surface area contributed by atoms with E-state index in [1.54, 1.807) is 7.11 Å². The Hall–Kier alpha value is -2.00. The van der Waals surface area contributed by atoms with Crippen LogP contribution < -0.4 is 4.74 Å². The lowest BCUT2D eigenvalue weighted by Gasteiger charge is -2.04. The van der Waals surface area contributed by atoms with Crippen LogP contribution in [0.3, 0.4) is 0 Å². The number of hydrogen-bond donors (Lipinski definition) is 0. The van der Waals surface area contributed by atoms with Gasteiger partial charge in [-0.25, -0.2) is 4.98 Å². The maximum atomic E-state index is 5.97. The Balaban J connectivity index is 1.92. The van der Waals surface area contributed by atoms with Crippen molar-refractivity contribution in [3.8, 4) is 5.75 Å². The lowest BCUT2D eigenvalue weighted by molar-refractivity contribution is 0.414. The Morgan fingerprint density at radius 1 is 1.21 bits per heavy atom. The second kappa shape index (κ2) is 4.94. The number of ether oxygens (including phenoxy) is 1. The van der Waals surface area contributed by atoms with Gasteiger partial charge in [-0.15, -0.1) is 0 Å². The monoisotopic (exact) mass is 272 g/mol. The summed E-state index contributed by atoms with van der Waals surface area (Å²) >= 11 is 5.97. The predicted molar refractivity (Wildman–Crippen MR) is 76.0 cm³/mol. The first-order valence-electron chi connectivity index (χ1n) is 6.01. The van der Waals surface area contributed by atoms with Crippen molar-refractivity contribution in [1.29, 1.82) is 0 Å². The third-order valence-electron chi connectivity index (χ3n) is 3.09. The minimum Gasteiger partial charge on any atom is -0.497 e. The fourth-order valence-corrected chi connectivity index (χ4v) is 2.25. The van der Waals surface area contributed by atoms with Crippen molar-refractivity contribution < 1.29 is 4.74 Å². The SMILES string of the molecule is COc1ccc(Cc2ncc3cc(Cl)ccn23)cc1.